The molecular formula is C12H19O5P. The van der Waals surface area contributed by atoms with Crippen molar-refractivity contribution in [1.29, 1.82) is 0 Å². The summed E-state index contributed by atoms with van der Waals surface area (Å²) >= 11 is 0. The second-order valence-corrected chi connectivity index (χ2v) is 7.15. The molecular weight excluding hydrogens is 255 g/mol. The van der Waals surface area contributed by atoms with E-state index in [1.165, 1.54) is 20.3 Å². The highest BCUT2D eigenvalue weighted by molar-refractivity contribution is 7.62. The van der Waals surface area contributed by atoms with Crippen LogP contribution in [0.3, 0.4) is 0 Å². The van der Waals surface area contributed by atoms with Crippen molar-refractivity contribution in [1.82, 2.24) is 0 Å². The van der Waals surface area contributed by atoms with Crippen molar-refractivity contribution < 1.29 is 23.8 Å². The molecule has 102 valence electrons. The van der Waals surface area contributed by atoms with E-state index in [9.17, 15) is 14.8 Å². The molecule has 0 saturated heterocycles. The molecule has 1 aromatic carbocycles. The molecule has 1 rings (SSSR count). The summed E-state index contributed by atoms with van der Waals surface area (Å²) in [4.78, 5) is 0. The number of benzene rings is 1. The highest BCUT2D eigenvalue weighted by atomic mass is 31.2. The average Bonchev–Trinajstić information content (AvgIpc) is 2.30. The maximum atomic E-state index is 12.2. The van der Waals surface area contributed by atoms with Gasteiger partial charge < -0.3 is 19.3 Å². The van der Waals surface area contributed by atoms with E-state index in [-0.39, 0.29) is 16.5 Å². The summed E-state index contributed by atoms with van der Waals surface area (Å²) in [6.07, 6.45) is 0. The van der Waals surface area contributed by atoms with Crippen molar-refractivity contribution in [3.8, 4) is 11.5 Å². The van der Waals surface area contributed by atoms with Crippen LogP contribution >= 0.6 is 7.60 Å². The van der Waals surface area contributed by atoms with Gasteiger partial charge in [0.05, 0.1) is 0 Å². The van der Waals surface area contributed by atoms with E-state index < -0.39 is 13.3 Å². The molecule has 2 N–H and O–H groups in total. The molecule has 0 aliphatic carbocycles. The normalized spacial score (nSPS) is 12.7. The Morgan fingerprint density at radius 1 is 1.06 bits per heavy atom. The SMILES string of the molecule is COP(=O)(OC)c1ccc(C(C)(C)C)c(O)c1O. The van der Waals surface area contributed by atoms with Crippen molar-refractivity contribution in [2.45, 2.75) is 26.2 Å². The molecule has 0 unspecified atom stereocenters. The maximum absolute atomic E-state index is 12.2. The van der Waals surface area contributed by atoms with E-state index in [2.05, 4.69) is 0 Å². The lowest BCUT2D eigenvalue weighted by molar-refractivity contribution is 0.285. The highest BCUT2D eigenvalue weighted by Gasteiger charge is 2.32. The number of aromatic hydroxyl groups is 2. The van der Waals surface area contributed by atoms with Gasteiger partial charge in [0.2, 0.25) is 0 Å². The van der Waals surface area contributed by atoms with Gasteiger partial charge in [-0.1, -0.05) is 26.8 Å². The molecule has 1 aromatic rings. The quantitative estimate of drug-likeness (QED) is 0.654. The van der Waals surface area contributed by atoms with Gasteiger partial charge in [-0.3, -0.25) is 4.57 Å². The minimum Gasteiger partial charge on any atom is -0.504 e. The Morgan fingerprint density at radius 3 is 1.94 bits per heavy atom. The fraction of sp³-hybridized carbons (Fsp3) is 0.500. The van der Waals surface area contributed by atoms with Gasteiger partial charge in [0.25, 0.3) is 0 Å². The van der Waals surface area contributed by atoms with Crippen LogP contribution in [0.15, 0.2) is 12.1 Å². The Balaban J connectivity index is 3.47. The largest absolute Gasteiger partial charge is 0.504 e. The second kappa shape index (κ2) is 4.92. The smallest absolute Gasteiger partial charge is 0.364 e. The fourth-order valence-corrected chi connectivity index (χ4v) is 2.83. The molecule has 0 bridgehead atoms. The minimum atomic E-state index is -3.58. The first-order valence-electron chi connectivity index (χ1n) is 5.45. The van der Waals surface area contributed by atoms with Crippen LogP contribution in [0.5, 0.6) is 11.5 Å². The number of hydrogen-bond donors (Lipinski definition) is 2. The molecule has 0 amide bonds. The zero-order valence-electron chi connectivity index (χ0n) is 11.2. The van der Waals surface area contributed by atoms with Crippen molar-refractivity contribution in [3.63, 3.8) is 0 Å². The molecule has 18 heavy (non-hydrogen) atoms. The van der Waals surface area contributed by atoms with E-state index in [0.29, 0.717) is 5.56 Å². The van der Waals surface area contributed by atoms with Crippen LogP contribution in [0.25, 0.3) is 0 Å². The van der Waals surface area contributed by atoms with E-state index in [0.717, 1.165) is 0 Å². The first-order valence-corrected chi connectivity index (χ1v) is 6.99. The van der Waals surface area contributed by atoms with Gasteiger partial charge in [0.15, 0.2) is 11.5 Å². The van der Waals surface area contributed by atoms with Gasteiger partial charge in [-0.05, 0) is 11.5 Å². The lowest BCUT2D eigenvalue weighted by atomic mass is 9.86. The summed E-state index contributed by atoms with van der Waals surface area (Å²) < 4.78 is 21.8. The molecule has 0 aliphatic heterocycles. The van der Waals surface area contributed by atoms with Gasteiger partial charge >= 0.3 is 7.60 Å². The summed E-state index contributed by atoms with van der Waals surface area (Å²) in [5, 5.41) is 19.9. The Hall–Kier alpha value is -1.03. The summed E-state index contributed by atoms with van der Waals surface area (Å²) in [6, 6.07) is 3.05. The molecule has 6 heteroatoms. The van der Waals surface area contributed by atoms with Gasteiger partial charge in [0, 0.05) is 19.8 Å². The number of phenols is 2. The third-order valence-electron chi connectivity index (χ3n) is 2.71. The standard InChI is InChI=1S/C12H19O5P/c1-12(2,3)8-6-7-9(11(14)10(8)13)18(15,16-4)17-5/h6-7,13-14H,1-5H3. The number of hydrogen-bond acceptors (Lipinski definition) is 5. The topological polar surface area (TPSA) is 76.0 Å². The van der Waals surface area contributed by atoms with Crippen LogP contribution in [0.4, 0.5) is 0 Å². The summed E-state index contributed by atoms with van der Waals surface area (Å²) in [5.74, 6) is -0.760. The van der Waals surface area contributed by atoms with Crippen LogP contribution in [0, 0.1) is 0 Å². The first-order chi connectivity index (χ1) is 8.17. The summed E-state index contributed by atoms with van der Waals surface area (Å²) in [5.41, 5.74) is 0.215. The lowest BCUT2D eigenvalue weighted by Crippen LogP contribution is -2.15. The van der Waals surface area contributed by atoms with Crippen molar-refractivity contribution in [3.05, 3.63) is 17.7 Å². The van der Waals surface area contributed by atoms with Crippen LogP contribution in [-0.2, 0) is 19.0 Å². The van der Waals surface area contributed by atoms with Crippen LogP contribution in [-0.4, -0.2) is 24.4 Å². The first kappa shape index (κ1) is 15.0. The molecule has 0 fully saturated rings. The summed E-state index contributed by atoms with van der Waals surface area (Å²) in [7, 11) is -1.14. The van der Waals surface area contributed by atoms with Crippen molar-refractivity contribution >= 4 is 12.9 Å². The molecule has 0 saturated carbocycles. The van der Waals surface area contributed by atoms with Crippen LogP contribution in [0.2, 0.25) is 0 Å². The molecule has 0 radical (unpaired) electrons. The highest BCUT2D eigenvalue weighted by Crippen LogP contribution is 2.50. The minimum absolute atomic E-state index is 0.0435. The third-order valence-corrected chi connectivity index (χ3v) is 4.63. The zero-order valence-corrected chi connectivity index (χ0v) is 12.1. The third kappa shape index (κ3) is 2.53. The molecule has 0 heterocycles. The van der Waals surface area contributed by atoms with Gasteiger partial charge in [-0.25, -0.2) is 0 Å². The maximum Gasteiger partial charge on any atom is 0.364 e. The van der Waals surface area contributed by atoms with E-state index in [4.69, 9.17) is 9.05 Å². The van der Waals surface area contributed by atoms with E-state index >= 15 is 0 Å². The average molecular weight is 274 g/mol. The van der Waals surface area contributed by atoms with E-state index in [1.807, 2.05) is 20.8 Å². The Bertz CT molecular complexity index is 482. The van der Waals surface area contributed by atoms with Crippen LogP contribution in [0.1, 0.15) is 26.3 Å². The van der Waals surface area contributed by atoms with Crippen molar-refractivity contribution in [2.24, 2.45) is 0 Å². The van der Waals surface area contributed by atoms with Crippen molar-refractivity contribution in [2.75, 3.05) is 14.2 Å². The zero-order chi connectivity index (χ0) is 14.1. The Morgan fingerprint density at radius 2 is 1.56 bits per heavy atom. The molecule has 5 nitrogen and oxygen atoms in total. The van der Waals surface area contributed by atoms with Gasteiger partial charge in [-0.15, -0.1) is 0 Å². The Kier molecular flexibility index (Phi) is 4.11. The summed E-state index contributed by atoms with van der Waals surface area (Å²) in [6.45, 7) is 5.69. The van der Waals surface area contributed by atoms with Crippen LogP contribution < -0.4 is 5.30 Å². The predicted octanol–water partition coefficient (Wildman–Crippen LogP) is 2.51. The fourth-order valence-electron chi connectivity index (χ4n) is 1.67. The Labute approximate surface area is 107 Å². The number of phenolic OH excluding ortho intramolecular Hbond substituents is 2. The molecule has 0 aliphatic rings. The molecule has 0 aromatic heterocycles. The second-order valence-electron chi connectivity index (χ2n) is 4.94. The van der Waals surface area contributed by atoms with Gasteiger partial charge in [0.1, 0.15) is 5.30 Å². The molecule has 0 spiro atoms. The monoisotopic (exact) mass is 274 g/mol. The predicted molar refractivity (Wildman–Crippen MR) is 69.7 cm³/mol. The lowest BCUT2D eigenvalue weighted by Gasteiger charge is -2.23. The van der Waals surface area contributed by atoms with E-state index in [1.54, 1.807) is 6.07 Å². The van der Waals surface area contributed by atoms with Gasteiger partial charge in [-0.2, -0.15) is 0 Å². The number of rotatable bonds is 3. The molecule has 0 atom stereocenters.